The second-order valence-electron chi connectivity index (χ2n) is 2.87. The molecule has 0 saturated heterocycles. The van der Waals surface area contributed by atoms with Gasteiger partial charge in [0.15, 0.2) is 0 Å². The maximum Gasteiger partial charge on any atom is 0.137 e. The minimum atomic E-state index is 0.641. The second-order valence-corrected chi connectivity index (χ2v) is 3.76. The van der Waals surface area contributed by atoms with Crippen LogP contribution in [-0.4, -0.2) is 10.4 Å². The standard InChI is InChI=1S/C7H11N3S/c8-7-3-6(11-10-7)4-9-5-1-2-5/h3,5,9H,1-2,4H2,(H2,8,10). The zero-order chi connectivity index (χ0) is 7.68. The molecule has 1 aromatic heterocycles. The van der Waals surface area contributed by atoms with Gasteiger partial charge in [-0.05, 0) is 30.4 Å². The van der Waals surface area contributed by atoms with E-state index in [0.717, 1.165) is 12.6 Å². The molecule has 1 aliphatic rings. The van der Waals surface area contributed by atoms with Crippen molar-refractivity contribution in [2.24, 2.45) is 0 Å². The first-order chi connectivity index (χ1) is 5.34. The number of hydrogen-bond donors (Lipinski definition) is 2. The Morgan fingerprint density at radius 2 is 2.55 bits per heavy atom. The molecule has 0 amide bonds. The van der Waals surface area contributed by atoms with E-state index in [-0.39, 0.29) is 0 Å². The Labute approximate surface area is 69.8 Å². The van der Waals surface area contributed by atoms with Crippen molar-refractivity contribution in [3.8, 4) is 0 Å². The summed E-state index contributed by atoms with van der Waals surface area (Å²) in [6.07, 6.45) is 2.66. The summed E-state index contributed by atoms with van der Waals surface area (Å²) in [7, 11) is 0. The van der Waals surface area contributed by atoms with Crippen molar-refractivity contribution in [3.05, 3.63) is 10.9 Å². The van der Waals surface area contributed by atoms with Crippen LogP contribution in [0.2, 0.25) is 0 Å². The van der Waals surface area contributed by atoms with Crippen LogP contribution in [0.25, 0.3) is 0 Å². The lowest BCUT2D eigenvalue weighted by atomic mass is 10.4. The van der Waals surface area contributed by atoms with Crippen molar-refractivity contribution >= 4 is 17.4 Å². The van der Waals surface area contributed by atoms with Crippen molar-refractivity contribution in [1.82, 2.24) is 9.69 Å². The minimum absolute atomic E-state index is 0.641. The van der Waals surface area contributed by atoms with Crippen molar-refractivity contribution in [3.63, 3.8) is 0 Å². The van der Waals surface area contributed by atoms with E-state index in [1.165, 1.54) is 29.3 Å². The summed E-state index contributed by atoms with van der Waals surface area (Å²) in [5.74, 6) is 0.641. The Hall–Kier alpha value is -0.610. The summed E-state index contributed by atoms with van der Waals surface area (Å²) < 4.78 is 3.99. The number of aromatic nitrogens is 1. The molecule has 0 unspecified atom stereocenters. The van der Waals surface area contributed by atoms with Crippen LogP contribution < -0.4 is 11.1 Å². The van der Waals surface area contributed by atoms with E-state index in [9.17, 15) is 0 Å². The van der Waals surface area contributed by atoms with Gasteiger partial charge in [-0.1, -0.05) is 0 Å². The normalized spacial score (nSPS) is 17.1. The van der Waals surface area contributed by atoms with Crippen LogP contribution in [0.15, 0.2) is 6.07 Å². The smallest absolute Gasteiger partial charge is 0.137 e. The minimum Gasteiger partial charge on any atom is -0.383 e. The molecule has 1 fully saturated rings. The van der Waals surface area contributed by atoms with Gasteiger partial charge in [0, 0.05) is 17.5 Å². The molecular weight excluding hydrogens is 158 g/mol. The van der Waals surface area contributed by atoms with E-state index < -0.39 is 0 Å². The van der Waals surface area contributed by atoms with Crippen LogP contribution in [0.4, 0.5) is 5.82 Å². The van der Waals surface area contributed by atoms with Gasteiger partial charge in [0.25, 0.3) is 0 Å². The molecule has 1 heterocycles. The van der Waals surface area contributed by atoms with E-state index in [1.807, 2.05) is 6.07 Å². The summed E-state index contributed by atoms with van der Waals surface area (Å²) in [6, 6.07) is 2.69. The highest BCUT2D eigenvalue weighted by molar-refractivity contribution is 7.06. The second kappa shape index (κ2) is 2.79. The lowest BCUT2D eigenvalue weighted by molar-refractivity contribution is 0.695. The average Bonchev–Trinajstić information content (AvgIpc) is 2.72. The largest absolute Gasteiger partial charge is 0.383 e. The third kappa shape index (κ3) is 1.91. The molecule has 3 nitrogen and oxygen atoms in total. The first kappa shape index (κ1) is 7.06. The van der Waals surface area contributed by atoms with Crippen LogP contribution in [0.5, 0.6) is 0 Å². The lowest BCUT2D eigenvalue weighted by Gasteiger charge is -1.96. The molecule has 0 aromatic carbocycles. The molecule has 0 spiro atoms. The molecule has 1 aromatic rings. The van der Waals surface area contributed by atoms with Gasteiger partial charge in [0.2, 0.25) is 0 Å². The number of nitrogen functional groups attached to an aromatic ring is 1. The van der Waals surface area contributed by atoms with Crippen molar-refractivity contribution in [2.45, 2.75) is 25.4 Å². The zero-order valence-electron chi connectivity index (χ0n) is 6.21. The average molecular weight is 169 g/mol. The third-order valence-electron chi connectivity index (χ3n) is 1.72. The number of nitrogens with one attached hydrogen (secondary N) is 1. The van der Waals surface area contributed by atoms with E-state index in [1.54, 1.807) is 0 Å². The Morgan fingerprint density at radius 3 is 3.09 bits per heavy atom. The Kier molecular flexibility index (Phi) is 1.79. The van der Waals surface area contributed by atoms with E-state index >= 15 is 0 Å². The molecule has 0 radical (unpaired) electrons. The summed E-state index contributed by atoms with van der Waals surface area (Å²) in [5, 5.41) is 3.40. The number of rotatable bonds is 3. The summed E-state index contributed by atoms with van der Waals surface area (Å²) in [5.41, 5.74) is 5.47. The van der Waals surface area contributed by atoms with Crippen LogP contribution in [-0.2, 0) is 6.54 Å². The highest BCUT2D eigenvalue weighted by Gasteiger charge is 2.20. The van der Waals surface area contributed by atoms with E-state index in [2.05, 4.69) is 9.69 Å². The predicted molar refractivity (Wildman–Crippen MR) is 46.4 cm³/mol. The molecule has 1 saturated carbocycles. The van der Waals surface area contributed by atoms with Crippen molar-refractivity contribution in [2.75, 3.05) is 5.73 Å². The quantitative estimate of drug-likeness (QED) is 0.709. The molecular formula is C7H11N3S. The first-order valence-electron chi connectivity index (χ1n) is 3.79. The fourth-order valence-electron chi connectivity index (χ4n) is 0.945. The van der Waals surface area contributed by atoms with Gasteiger partial charge in [-0.3, -0.25) is 0 Å². The molecule has 11 heavy (non-hydrogen) atoms. The van der Waals surface area contributed by atoms with Crippen molar-refractivity contribution < 1.29 is 0 Å². The fourth-order valence-corrected chi connectivity index (χ4v) is 1.54. The summed E-state index contributed by atoms with van der Waals surface area (Å²) >= 11 is 1.48. The molecule has 1 aliphatic carbocycles. The maximum atomic E-state index is 5.47. The third-order valence-corrected chi connectivity index (χ3v) is 2.52. The molecule has 0 bridgehead atoms. The molecule has 60 valence electrons. The molecule has 3 N–H and O–H groups in total. The monoisotopic (exact) mass is 169 g/mol. The first-order valence-corrected chi connectivity index (χ1v) is 4.56. The topological polar surface area (TPSA) is 50.9 Å². The zero-order valence-corrected chi connectivity index (χ0v) is 7.03. The molecule has 0 atom stereocenters. The van der Waals surface area contributed by atoms with Gasteiger partial charge in [0.1, 0.15) is 5.82 Å². The molecule has 4 heteroatoms. The summed E-state index contributed by atoms with van der Waals surface area (Å²) in [6.45, 7) is 0.930. The van der Waals surface area contributed by atoms with Crippen molar-refractivity contribution in [1.29, 1.82) is 0 Å². The number of nitrogens with zero attached hydrogens (tertiary/aromatic N) is 1. The van der Waals surface area contributed by atoms with Gasteiger partial charge in [0.05, 0.1) is 0 Å². The molecule has 0 aliphatic heterocycles. The van der Waals surface area contributed by atoms with Gasteiger partial charge < -0.3 is 11.1 Å². The Bertz CT molecular complexity index is 242. The Balaban J connectivity index is 1.85. The van der Waals surface area contributed by atoms with Gasteiger partial charge in [-0.25, -0.2) is 0 Å². The number of nitrogens with two attached hydrogens (primary N) is 1. The highest BCUT2D eigenvalue weighted by atomic mass is 32.1. The Morgan fingerprint density at radius 1 is 1.73 bits per heavy atom. The maximum absolute atomic E-state index is 5.47. The van der Waals surface area contributed by atoms with Crippen LogP contribution in [0.1, 0.15) is 17.7 Å². The van der Waals surface area contributed by atoms with Crippen LogP contribution in [0, 0.1) is 0 Å². The number of hydrogen-bond acceptors (Lipinski definition) is 4. The predicted octanol–water partition coefficient (Wildman–Crippen LogP) is 0.977. The fraction of sp³-hybridized carbons (Fsp3) is 0.571. The number of anilines is 1. The van der Waals surface area contributed by atoms with Gasteiger partial charge in [-0.15, -0.1) is 0 Å². The van der Waals surface area contributed by atoms with Gasteiger partial charge in [-0.2, -0.15) is 4.37 Å². The van der Waals surface area contributed by atoms with E-state index in [4.69, 9.17) is 5.73 Å². The molecule has 2 rings (SSSR count). The van der Waals surface area contributed by atoms with Crippen LogP contribution in [0.3, 0.4) is 0 Å². The lowest BCUT2D eigenvalue weighted by Crippen LogP contribution is -2.14. The van der Waals surface area contributed by atoms with Crippen LogP contribution >= 0.6 is 11.5 Å². The van der Waals surface area contributed by atoms with Gasteiger partial charge >= 0.3 is 0 Å². The summed E-state index contributed by atoms with van der Waals surface area (Å²) in [4.78, 5) is 1.23. The van der Waals surface area contributed by atoms with E-state index in [0.29, 0.717) is 5.82 Å². The highest BCUT2D eigenvalue weighted by Crippen LogP contribution is 2.20. The SMILES string of the molecule is Nc1cc(CNC2CC2)sn1.